The predicted molar refractivity (Wildman–Crippen MR) is 118 cm³/mol. The van der Waals surface area contributed by atoms with Crippen LogP contribution in [-0.4, -0.2) is 49.9 Å². The van der Waals surface area contributed by atoms with Crippen molar-refractivity contribution < 1.29 is 17.9 Å². The number of carbonyl (C=O) groups excluding carboxylic acids is 1. The minimum absolute atomic E-state index is 0.142. The third kappa shape index (κ3) is 4.29. The summed E-state index contributed by atoms with van der Waals surface area (Å²) in [6.45, 7) is 0.480. The first kappa shape index (κ1) is 21.7. The lowest BCUT2D eigenvalue weighted by molar-refractivity contribution is -0.132. The molecule has 3 aromatic rings. The number of fused-ring (bicyclic) bond motifs is 1. The van der Waals surface area contributed by atoms with Crippen molar-refractivity contribution in [1.82, 2.24) is 14.6 Å². The lowest BCUT2D eigenvalue weighted by atomic mass is 10.1. The van der Waals surface area contributed by atoms with Crippen LogP contribution in [-0.2, 0) is 19.6 Å². The van der Waals surface area contributed by atoms with E-state index in [9.17, 15) is 13.2 Å². The second-order valence-electron chi connectivity index (χ2n) is 7.36. The maximum absolute atomic E-state index is 13.4. The van der Waals surface area contributed by atoms with Crippen LogP contribution in [0.5, 0.6) is 0 Å². The number of carbonyl (C=O) groups is 1. The summed E-state index contributed by atoms with van der Waals surface area (Å²) in [6.07, 6.45) is 2.78. The number of nitrogens with one attached hydrogen (secondary N) is 1. The molecule has 1 fully saturated rings. The van der Waals surface area contributed by atoms with E-state index in [-0.39, 0.29) is 28.4 Å². The molecule has 2 atom stereocenters. The highest BCUT2D eigenvalue weighted by Crippen LogP contribution is 2.32. The number of amides is 1. The average molecular weight is 460 g/mol. The topological polar surface area (TPSA) is 88.6 Å². The van der Waals surface area contributed by atoms with Crippen molar-refractivity contribution in [1.29, 1.82) is 0 Å². The summed E-state index contributed by atoms with van der Waals surface area (Å²) < 4.78 is 33.5. The van der Waals surface area contributed by atoms with Gasteiger partial charge in [-0.1, -0.05) is 54.1 Å². The number of hydrogen-bond donors (Lipinski definition) is 1. The molecule has 1 aromatic heterocycles. The van der Waals surface area contributed by atoms with Crippen molar-refractivity contribution in [2.75, 3.05) is 20.2 Å². The van der Waals surface area contributed by atoms with Gasteiger partial charge < -0.3 is 10.1 Å². The van der Waals surface area contributed by atoms with E-state index in [1.54, 1.807) is 24.4 Å². The molecule has 4 rings (SSSR count). The van der Waals surface area contributed by atoms with E-state index in [1.165, 1.54) is 17.6 Å². The van der Waals surface area contributed by atoms with Crippen molar-refractivity contribution >= 4 is 38.3 Å². The smallest absolute Gasteiger partial charge is 0.254 e. The number of sulfonamides is 1. The fourth-order valence-corrected chi connectivity index (χ4v) is 5.94. The van der Waals surface area contributed by atoms with Crippen LogP contribution in [0.2, 0.25) is 5.02 Å². The van der Waals surface area contributed by atoms with Gasteiger partial charge in [-0.05, 0) is 18.1 Å². The third-order valence-electron chi connectivity index (χ3n) is 5.39. The highest BCUT2D eigenvalue weighted by atomic mass is 35.5. The monoisotopic (exact) mass is 459 g/mol. The summed E-state index contributed by atoms with van der Waals surface area (Å²) in [6, 6.07) is 13.9. The Labute approximate surface area is 186 Å². The average Bonchev–Trinajstić information content (AvgIpc) is 3.24. The molecule has 0 bridgehead atoms. The fourth-order valence-electron chi connectivity index (χ4n) is 3.88. The number of rotatable bonds is 6. The molecule has 1 saturated heterocycles. The van der Waals surface area contributed by atoms with Gasteiger partial charge in [0.25, 0.3) is 5.91 Å². The Morgan fingerprint density at radius 3 is 2.71 bits per heavy atom. The third-order valence-corrected chi connectivity index (χ3v) is 7.58. The van der Waals surface area contributed by atoms with Crippen LogP contribution in [0.3, 0.4) is 0 Å². The summed E-state index contributed by atoms with van der Waals surface area (Å²) in [5.41, 5.74) is 0.740. The van der Waals surface area contributed by atoms with Crippen LogP contribution >= 0.6 is 11.6 Å². The molecule has 1 unspecified atom stereocenters. The second-order valence-corrected chi connectivity index (χ2v) is 9.67. The van der Waals surface area contributed by atoms with Crippen LogP contribution in [0.25, 0.3) is 10.8 Å². The van der Waals surface area contributed by atoms with Crippen molar-refractivity contribution in [3.63, 3.8) is 0 Å². The van der Waals surface area contributed by atoms with Gasteiger partial charge in [-0.15, -0.1) is 0 Å². The number of methoxy groups -OCH3 is 1. The van der Waals surface area contributed by atoms with Crippen LogP contribution in [0, 0.1) is 0 Å². The Bertz CT molecular complexity index is 1200. The normalized spacial score (nSPS) is 18.2. The molecule has 0 radical (unpaired) electrons. The van der Waals surface area contributed by atoms with Crippen LogP contribution in [0.1, 0.15) is 18.1 Å². The van der Waals surface area contributed by atoms with E-state index in [0.717, 1.165) is 5.56 Å². The maximum atomic E-state index is 13.4. The van der Waals surface area contributed by atoms with E-state index < -0.39 is 16.1 Å². The van der Waals surface area contributed by atoms with Crippen LogP contribution < -0.4 is 5.32 Å². The first-order valence-electron chi connectivity index (χ1n) is 9.82. The zero-order valence-corrected chi connectivity index (χ0v) is 18.4. The van der Waals surface area contributed by atoms with Crippen LogP contribution in [0.15, 0.2) is 65.8 Å². The zero-order valence-electron chi connectivity index (χ0n) is 16.9. The Morgan fingerprint density at radius 2 is 1.97 bits per heavy atom. The Balaban J connectivity index is 1.52. The summed E-state index contributed by atoms with van der Waals surface area (Å²) in [5.74, 6) is -0.294. The van der Waals surface area contributed by atoms with E-state index in [0.29, 0.717) is 23.7 Å². The standard InChI is InChI=1S/C22H22ClN3O4S/c1-30-21(15-6-3-2-4-7-15)22(27)25-17-10-11-26(14-17)31(28,29)19-9-5-8-16-12-24-13-18(23)20(16)19/h2-9,12-13,17,21H,10-11,14H2,1H3,(H,25,27)/t17-,21?/m0/s1. The molecule has 1 amide bonds. The minimum atomic E-state index is -3.80. The molecule has 1 aliphatic heterocycles. The predicted octanol–water partition coefficient (Wildman–Crippen LogP) is 3.16. The summed E-state index contributed by atoms with van der Waals surface area (Å²) in [4.78, 5) is 16.9. The first-order chi connectivity index (χ1) is 14.9. The van der Waals surface area contributed by atoms with E-state index in [2.05, 4.69) is 10.3 Å². The van der Waals surface area contributed by atoms with Gasteiger partial charge in [-0.25, -0.2) is 8.42 Å². The lowest BCUT2D eigenvalue weighted by Crippen LogP contribution is -2.41. The number of aromatic nitrogens is 1. The number of nitrogens with zero attached hydrogens (tertiary/aromatic N) is 2. The van der Waals surface area contributed by atoms with Gasteiger partial charge in [0.05, 0.1) is 9.92 Å². The number of pyridine rings is 1. The fraction of sp³-hybridized carbons (Fsp3) is 0.273. The van der Waals surface area contributed by atoms with E-state index in [4.69, 9.17) is 16.3 Å². The number of benzene rings is 2. The SMILES string of the molecule is COC(C(=O)N[C@H]1CCN(S(=O)(=O)c2cccc3cncc(Cl)c23)C1)c1ccccc1. The van der Waals surface area contributed by atoms with Gasteiger partial charge in [0.15, 0.2) is 6.10 Å². The summed E-state index contributed by atoms with van der Waals surface area (Å²) >= 11 is 6.27. The number of ether oxygens (including phenoxy) is 1. The van der Waals surface area contributed by atoms with Crippen LogP contribution in [0.4, 0.5) is 0 Å². The lowest BCUT2D eigenvalue weighted by Gasteiger charge is -2.20. The van der Waals surface area contributed by atoms with E-state index in [1.807, 2.05) is 30.3 Å². The molecule has 2 heterocycles. The van der Waals surface area contributed by atoms with Crippen molar-refractivity contribution in [2.24, 2.45) is 0 Å². The first-order valence-corrected chi connectivity index (χ1v) is 11.6. The van der Waals surface area contributed by atoms with Gasteiger partial charge in [0, 0.05) is 49.4 Å². The Morgan fingerprint density at radius 1 is 1.19 bits per heavy atom. The van der Waals surface area contributed by atoms with Gasteiger partial charge >= 0.3 is 0 Å². The Kier molecular flexibility index (Phi) is 6.24. The molecule has 162 valence electrons. The molecule has 9 heteroatoms. The van der Waals surface area contributed by atoms with Gasteiger partial charge in [0.1, 0.15) is 0 Å². The Hall–Kier alpha value is -2.52. The summed E-state index contributed by atoms with van der Waals surface area (Å²) in [5, 5.41) is 4.32. The maximum Gasteiger partial charge on any atom is 0.254 e. The van der Waals surface area contributed by atoms with Gasteiger partial charge in [0.2, 0.25) is 10.0 Å². The molecule has 2 aromatic carbocycles. The molecule has 0 spiro atoms. The highest BCUT2D eigenvalue weighted by molar-refractivity contribution is 7.89. The second kappa shape index (κ2) is 8.92. The molecule has 0 aliphatic carbocycles. The molecular formula is C22H22ClN3O4S. The molecule has 1 aliphatic rings. The molecular weight excluding hydrogens is 438 g/mol. The molecule has 0 saturated carbocycles. The van der Waals surface area contributed by atoms with Crippen molar-refractivity contribution in [2.45, 2.75) is 23.5 Å². The van der Waals surface area contributed by atoms with Crippen molar-refractivity contribution in [3.05, 3.63) is 71.5 Å². The van der Waals surface area contributed by atoms with Gasteiger partial charge in [-0.2, -0.15) is 4.31 Å². The zero-order chi connectivity index (χ0) is 22.0. The largest absolute Gasteiger partial charge is 0.367 e. The number of halogens is 1. The van der Waals surface area contributed by atoms with Crippen molar-refractivity contribution in [3.8, 4) is 0 Å². The highest BCUT2D eigenvalue weighted by Gasteiger charge is 2.35. The quantitative estimate of drug-likeness (QED) is 0.611. The number of hydrogen-bond acceptors (Lipinski definition) is 5. The molecule has 7 nitrogen and oxygen atoms in total. The molecule has 31 heavy (non-hydrogen) atoms. The van der Waals surface area contributed by atoms with E-state index >= 15 is 0 Å². The minimum Gasteiger partial charge on any atom is -0.367 e. The van der Waals surface area contributed by atoms with Gasteiger partial charge in [-0.3, -0.25) is 9.78 Å². The molecule has 1 N–H and O–H groups in total. The summed E-state index contributed by atoms with van der Waals surface area (Å²) in [7, 11) is -2.32.